The third-order valence-electron chi connectivity index (χ3n) is 3.56. The van der Waals surface area contributed by atoms with Crippen LogP contribution >= 0.6 is 0 Å². The summed E-state index contributed by atoms with van der Waals surface area (Å²) in [6, 6.07) is 6.50. The molecule has 0 aromatic heterocycles. The van der Waals surface area contributed by atoms with Crippen molar-refractivity contribution in [2.45, 2.75) is 19.6 Å². The number of nitrogens with zero attached hydrogens (tertiary/aromatic N) is 1. The van der Waals surface area contributed by atoms with Crippen molar-refractivity contribution in [2.75, 3.05) is 13.2 Å². The fourth-order valence-electron chi connectivity index (χ4n) is 2.10. The summed E-state index contributed by atoms with van der Waals surface area (Å²) in [5.74, 6) is -2.11. The summed E-state index contributed by atoms with van der Waals surface area (Å²) >= 11 is 0. The number of aliphatic carboxylic acids is 1. The summed E-state index contributed by atoms with van der Waals surface area (Å²) in [6.07, 6.45) is 1.51. The lowest BCUT2D eigenvalue weighted by Crippen LogP contribution is -2.30. The molecule has 1 atom stereocenters. The molecule has 0 bridgehead atoms. The van der Waals surface area contributed by atoms with Crippen LogP contribution in [0.2, 0.25) is 0 Å². The van der Waals surface area contributed by atoms with Gasteiger partial charge in [0.05, 0.1) is 13.2 Å². The Morgan fingerprint density at radius 2 is 1.76 bits per heavy atom. The van der Waals surface area contributed by atoms with E-state index >= 15 is 0 Å². The van der Waals surface area contributed by atoms with Gasteiger partial charge in [0, 0.05) is 24.3 Å². The molecule has 3 amide bonds. The molecule has 1 aromatic rings. The molecule has 1 heterocycles. The van der Waals surface area contributed by atoms with Gasteiger partial charge in [-0.1, -0.05) is 12.1 Å². The topological polar surface area (TPSA) is 113 Å². The van der Waals surface area contributed by atoms with Gasteiger partial charge >= 0.3 is 5.97 Å². The zero-order valence-corrected chi connectivity index (χ0v) is 13.6. The number of ether oxygens (including phenoxy) is 1. The first-order valence-electron chi connectivity index (χ1n) is 7.63. The van der Waals surface area contributed by atoms with E-state index in [1.54, 1.807) is 24.3 Å². The maximum atomic E-state index is 12.0. The van der Waals surface area contributed by atoms with Gasteiger partial charge in [-0.05, 0) is 24.6 Å². The third-order valence-corrected chi connectivity index (χ3v) is 3.56. The zero-order valence-electron chi connectivity index (χ0n) is 13.6. The van der Waals surface area contributed by atoms with Gasteiger partial charge in [0.25, 0.3) is 17.7 Å². The van der Waals surface area contributed by atoms with Crippen LogP contribution in [0.5, 0.6) is 0 Å². The Morgan fingerprint density at radius 1 is 1.16 bits per heavy atom. The molecule has 2 N–H and O–H groups in total. The van der Waals surface area contributed by atoms with Crippen LogP contribution in [0.4, 0.5) is 0 Å². The molecule has 2 rings (SSSR count). The van der Waals surface area contributed by atoms with Gasteiger partial charge in [0.1, 0.15) is 0 Å². The van der Waals surface area contributed by atoms with Crippen LogP contribution in [0.25, 0.3) is 0 Å². The van der Waals surface area contributed by atoms with Crippen molar-refractivity contribution in [3.63, 3.8) is 0 Å². The molecule has 0 aliphatic carbocycles. The van der Waals surface area contributed by atoms with Gasteiger partial charge in [-0.15, -0.1) is 0 Å². The lowest BCUT2D eigenvalue weighted by molar-refractivity contribution is -0.149. The van der Waals surface area contributed by atoms with Gasteiger partial charge in [0.2, 0.25) is 0 Å². The second-order valence-electron chi connectivity index (χ2n) is 5.40. The minimum absolute atomic E-state index is 0.0868. The lowest BCUT2D eigenvalue weighted by atomic mass is 10.1. The van der Waals surface area contributed by atoms with Crippen LogP contribution in [-0.4, -0.2) is 53.0 Å². The van der Waals surface area contributed by atoms with Crippen LogP contribution in [0.1, 0.15) is 22.8 Å². The summed E-state index contributed by atoms with van der Waals surface area (Å²) in [6.45, 7) is 1.83. The Hall–Kier alpha value is -3.00. The summed E-state index contributed by atoms with van der Waals surface area (Å²) in [5, 5.41) is 11.3. The average molecular weight is 346 g/mol. The average Bonchev–Trinajstić information content (AvgIpc) is 2.90. The maximum Gasteiger partial charge on any atom is 0.332 e. The zero-order chi connectivity index (χ0) is 18.4. The van der Waals surface area contributed by atoms with Gasteiger partial charge in [-0.2, -0.15) is 0 Å². The molecule has 8 nitrogen and oxygen atoms in total. The highest BCUT2D eigenvalue weighted by Crippen LogP contribution is 2.12. The first kappa shape index (κ1) is 18.3. The molecule has 132 valence electrons. The van der Waals surface area contributed by atoms with E-state index in [-0.39, 0.29) is 37.4 Å². The van der Waals surface area contributed by atoms with E-state index in [9.17, 15) is 19.2 Å². The second-order valence-corrected chi connectivity index (χ2v) is 5.40. The van der Waals surface area contributed by atoms with E-state index in [1.165, 1.54) is 19.1 Å². The van der Waals surface area contributed by atoms with E-state index in [0.717, 1.165) is 10.5 Å². The quantitative estimate of drug-likeness (QED) is 0.518. The SMILES string of the molecule is CC(OCCNC(=O)c1ccc(CN2C(=O)C=CC2=O)cc1)C(=O)O. The Bertz CT molecular complexity index is 692. The van der Waals surface area contributed by atoms with E-state index in [2.05, 4.69) is 5.32 Å². The Morgan fingerprint density at radius 3 is 2.32 bits per heavy atom. The standard InChI is InChI=1S/C17H18N2O6/c1-11(17(23)24)25-9-8-18-16(22)13-4-2-12(3-5-13)10-19-14(20)6-7-15(19)21/h2-7,11H,8-10H2,1H3,(H,18,22)(H,23,24). The van der Waals surface area contributed by atoms with Crippen molar-refractivity contribution in [1.82, 2.24) is 10.2 Å². The number of imide groups is 1. The number of carbonyl (C=O) groups excluding carboxylic acids is 3. The first-order valence-corrected chi connectivity index (χ1v) is 7.63. The summed E-state index contributed by atoms with van der Waals surface area (Å²) in [5.41, 5.74) is 1.13. The van der Waals surface area contributed by atoms with Crippen molar-refractivity contribution in [3.05, 3.63) is 47.5 Å². The number of benzene rings is 1. The minimum atomic E-state index is -1.06. The number of amides is 3. The predicted molar refractivity (Wildman–Crippen MR) is 86.5 cm³/mol. The van der Waals surface area contributed by atoms with Crippen molar-refractivity contribution in [2.24, 2.45) is 0 Å². The highest BCUT2D eigenvalue weighted by molar-refractivity contribution is 6.12. The number of carboxylic acids is 1. The van der Waals surface area contributed by atoms with Crippen LogP contribution in [0, 0.1) is 0 Å². The predicted octanol–water partition coefficient (Wildman–Crippen LogP) is 0.331. The normalized spacial score (nSPS) is 14.7. The van der Waals surface area contributed by atoms with E-state index in [1.807, 2.05) is 0 Å². The molecule has 1 aliphatic rings. The van der Waals surface area contributed by atoms with E-state index < -0.39 is 12.1 Å². The molecular weight excluding hydrogens is 328 g/mol. The Balaban J connectivity index is 1.81. The van der Waals surface area contributed by atoms with Crippen LogP contribution in [0.15, 0.2) is 36.4 Å². The molecule has 8 heteroatoms. The summed E-state index contributed by atoms with van der Waals surface area (Å²) in [4.78, 5) is 46.7. The largest absolute Gasteiger partial charge is 0.479 e. The van der Waals surface area contributed by atoms with Crippen molar-refractivity contribution in [3.8, 4) is 0 Å². The van der Waals surface area contributed by atoms with Gasteiger partial charge in [-0.3, -0.25) is 19.3 Å². The molecular formula is C17H18N2O6. The van der Waals surface area contributed by atoms with E-state index in [0.29, 0.717) is 5.56 Å². The van der Waals surface area contributed by atoms with Crippen LogP contribution in [0.3, 0.4) is 0 Å². The molecule has 0 spiro atoms. The fourth-order valence-corrected chi connectivity index (χ4v) is 2.10. The molecule has 0 saturated carbocycles. The highest BCUT2D eigenvalue weighted by Gasteiger charge is 2.23. The van der Waals surface area contributed by atoms with Crippen molar-refractivity contribution in [1.29, 1.82) is 0 Å². The molecule has 1 aromatic carbocycles. The molecule has 0 fully saturated rings. The molecule has 1 unspecified atom stereocenters. The number of hydrogen-bond acceptors (Lipinski definition) is 5. The number of carbonyl (C=O) groups is 4. The molecule has 25 heavy (non-hydrogen) atoms. The number of carboxylic acid groups (broad SMARTS) is 1. The number of hydrogen-bond donors (Lipinski definition) is 2. The number of rotatable bonds is 8. The van der Waals surface area contributed by atoms with Gasteiger partial charge in [0.15, 0.2) is 6.10 Å². The van der Waals surface area contributed by atoms with Crippen LogP contribution in [-0.2, 0) is 25.7 Å². The smallest absolute Gasteiger partial charge is 0.332 e. The van der Waals surface area contributed by atoms with E-state index in [4.69, 9.17) is 9.84 Å². The minimum Gasteiger partial charge on any atom is -0.479 e. The maximum absolute atomic E-state index is 12.0. The summed E-state index contributed by atoms with van der Waals surface area (Å²) < 4.78 is 5.01. The highest BCUT2D eigenvalue weighted by atomic mass is 16.5. The van der Waals surface area contributed by atoms with Crippen molar-refractivity contribution < 1.29 is 29.0 Å². The molecule has 0 radical (unpaired) electrons. The lowest BCUT2D eigenvalue weighted by Gasteiger charge is -2.14. The summed E-state index contributed by atoms with van der Waals surface area (Å²) in [7, 11) is 0. The number of nitrogens with one attached hydrogen (secondary N) is 1. The Kier molecular flexibility index (Phi) is 6.02. The third kappa shape index (κ3) is 4.98. The first-order chi connectivity index (χ1) is 11.9. The van der Waals surface area contributed by atoms with Gasteiger partial charge < -0.3 is 15.2 Å². The Labute approximate surface area is 144 Å². The molecule has 0 saturated heterocycles. The van der Waals surface area contributed by atoms with Crippen molar-refractivity contribution >= 4 is 23.7 Å². The fraction of sp³-hybridized carbons (Fsp3) is 0.294. The monoisotopic (exact) mass is 346 g/mol. The molecule has 1 aliphatic heterocycles. The van der Waals surface area contributed by atoms with Crippen LogP contribution < -0.4 is 5.32 Å². The van der Waals surface area contributed by atoms with Gasteiger partial charge in [-0.25, -0.2) is 4.79 Å². The second kappa shape index (κ2) is 8.20.